The molecule has 0 unspecified atom stereocenters. The standard InChI is InChI=1S/C17H27N3O2/c1-12(2)16(20-10-13(3)22-14(4)11-20)17(21)19-9-15-5-7-18-8-6-15/h5-8,12-14,16H,9-11H2,1-4H3,(H,19,21)/t13-,14-,16+/m1/s1. The molecule has 0 bridgehead atoms. The van der Waals surface area contributed by atoms with Crippen molar-refractivity contribution < 1.29 is 9.53 Å². The van der Waals surface area contributed by atoms with Gasteiger partial charge in [-0.05, 0) is 37.5 Å². The predicted octanol–water partition coefficient (Wildman–Crippen LogP) is 1.83. The Bertz CT molecular complexity index is 468. The van der Waals surface area contributed by atoms with Gasteiger partial charge < -0.3 is 10.1 Å². The molecule has 22 heavy (non-hydrogen) atoms. The maximum Gasteiger partial charge on any atom is 0.237 e. The fraction of sp³-hybridized carbons (Fsp3) is 0.647. The number of aromatic nitrogens is 1. The van der Waals surface area contributed by atoms with Gasteiger partial charge in [-0.3, -0.25) is 14.7 Å². The third-order valence-corrected chi connectivity index (χ3v) is 3.96. The van der Waals surface area contributed by atoms with Crippen molar-refractivity contribution in [1.29, 1.82) is 0 Å². The molecule has 1 aliphatic heterocycles. The van der Waals surface area contributed by atoms with E-state index in [1.807, 2.05) is 12.1 Å². The second kappa shape index (κ2) is 7.70. The molecular weight excluding hydrogens is 278 g/mol. The van der Waals surface area contributed by atoms with Crippen LogP contribution in [-0.4, -0.2) is 47.1 Å². The number of hydrogen-bond donors (Lipinski definition) is 1. The van der Waals surface area contributed by atoms with E-state index in [2.05, 4.69) is 42.9 Å². The minimum Gasteiger partial charge on any atom is -0.373 e. The smallest absolute Gasteiger partial charge is 0.237 e. The molecule has 5 nitrogen and oxygen atoms in total. The van der Waals surface area contributed by atoms with Crippen LogP contribution in [0.5, 0.6) is 0 Å². The fourth-order valence-electron chi connectivity index (χ4n) is 3.13. The van der Waals surface area contributed by atoms with E-state index < -0.39 is 0 Å². The SMILES string of the molecule is CC(C)[C@@H](C(=O)NCc1ccncc1)N1C[C@@H](C)O[C@H](C)C1. The lowest BCUT2D eigenvalue weighted by Gasteiger charge is -2.41. The molecule has 2 heterocycles. The molecule has 5 heteroatoms. The molecule has 0 aromatic carbocycles. The number of nitrogens with one attached hydrogen (secondary N) is 1. The molecule has 2 rings (SSSR count). The predicted molar refractivity (Wildman–Crippen MR) is 86.3 cm³/mol. The zero-order chi connectivity index (χ0) is 16.1. The summed E-state index contributed by atoms with van der Waals surface area (Å²) in [6, 6.07) is 3.73. The van der Waals surface area contributed by atoms with E-state index in [0.29, 0.717) is 6.54 Å². The second-order valence-electron chi connectivity index (χ2n) is 6.47. The minimum absolute atomic E-state index is 0.0908. The molecule has 1 aliphatic rings. The molecular formula is C17H27N3O2. The Kier molecular flexibility index (Phi) is 5.91. The van der Waals surface area contributed by atoms with Crippen molar-refractivity contribution in [3.63, 3.8) is 0 Å². The summed E-state index contributed by atoms with van der Waals surface area (Å²) in [6.45, 7) is 10.5. The lowest BCUT2D eigenvalue weighted by molar-refractivity contribution is -0.135. The van der Waals surface area contributed by atoms with Gasteiger partial charge in [0.15, 0.2) is 0 Å². The van der Waals surface area contributed by atoms with Crippen molar-refractivity contribution in [2.45, 2.75) is 52.5 Å². The highest BCUT2D eigenvalue weighted by Crippen LogP contribution is 2.18. The quantitative estimate of drug-likeness (QED) is 0.902. The van der Waals surface area contributed by atoms with Crippen molar-refractivity contribution in [1.82, 2.24) is 15.2 Å². The summed E-state index contributed by atoms with van der Waals surface area (Å²) < 4.78 is 5.77. The second-order valence-corrected chi connectivity index (χ2v) is 6.47. The monoisotopic (exact) mass is 305 g/mol. The highest BCUT2D eigenvalue weighted by Gasteiger charge is 2.33. The van der Waals surface area contributed by atoms with E-state index in [1.165, 1.54) is 0 Å². The molecule has 3 atom stereocenters. The van der Waals surface area contributed by atoms with Gasteiger partial charge in [0, 0.05) is 32.0 Å². The summed E-state index contributed by atoms with van der Waals surface area (Å²) >= 11 is 0. The van der Waals surface area contributed by atoms with Crippen molar-refractivity contribution in [3.8, 4) is 0 Å². The van der Waals surface area contributed by atoms with Crippen molar-refractivity contribution in [2.24, 2.45) is 5.92 Å². The average molecular weight is 305 g/mol. The number of rotatable bonds is 5. The number of ether oxygens (including phenoxy) is 1. The largest absolute Gasteiger partial charge is 0.373 e. The third kappa shape index (κ3) is 4.52. The Labute approximate surface area is 133 Å². The Morgan fingerprint density at radius 3 is 2.45 bits per heavy atom. The molecule has 0 radical (unpaired) electrons. The van der Waals surface area contributed by atoms with Gasteiger partial charge in [0.1, 0.15) is 0 Å². The van der Waals surface area contributed by atoms with Gasteiger partial charge in [0.2, 0.25) is 5.91 Å². The lowest BCUT2D eigenvalue weighted by Crippen LogP contribution is -2.56. The number of amides is 1. The number of carbonyl (C=O) groups excluding carboxylic acids is 1. The summed E-state index contributed by atoms with van der Waals surface area (Å²) in [7, 11) is 0. The van der Waals surface area contributed by atoms with Crippen LogP contribution in [0.25, 0.3) is 0 Å². The first kappa shape index (κ1) is 16.9. The van der Waals surface area contributed by atoms with E-state index in [1.54, 1.807) is 12.4 Å². The van der Waals surface area contributed by atoms with Crippen LogP contribution in [0, 0.1) is 5.92 Å². The average Bonchev–Trinajstić information content (AvgIpc) is 2.45. The molecule has 0 aliphatic carbocycles. The maximum absolute atomic E-state index is 12.7. The molecule has 1 aromatic heterocycles. The summed E-state index contributed by atoms with van der Waals surface area (Å²) in [5, 5.41) is 3.06. The van der Waals surface area contributed by atoms with Crippen molar-refractivity contribution >= 4 is 5.91 Å². The minimum atomic E-state index is -0.115. The van der Waals surface area contributed by atoms with Crippen LogP contribution in [-0.2, 0) is 16.1 Å². The van der Waals surface area contributed by atoms with Gasteiger partial charge in [0.25, 0.3) is 0 Å². The van der Waals surface area contributed by atoms with Crippen LogP contribution >= 0.6 is 0 Å². The first-order valence-corrected chi connectivity index (χ1v) is 8.03. The zero-order valence-corrected chi connectivity index (χ0v) is 14.0. The number of pyridine rings is 1. The molecule has 1 N–H and O–H groups in total. The first-order valence-electron chi connectivity index (χ1n) is 8.03. The normalized spacial score (nSPS) is 24.2. The van der Waals surface area contributed by atoms with Crippen LogP contribution in [0.4, 0.5) is 0 Å². The van der Waals surface area contributed by atoms with E-state index in [9.17, 15) is 4.79 Å². The van der Waals surface area contributed by atoms with Crippen LogP contribution in [0.3, 0.4) is 0 Å². The fourth-order valence-corrected chi connectivity index (χ4v) is 3.13. The van der Waals surface area contributed by atoms with Crippen LogP contribution in [0.1, 0.15) is 33.3 Å². The van der Waals surface area contributed by atoms with Gasteiger partial charge in [-0.2, -0.15) is 0 Å². The highest BCUT2D eigenvalue weighted by molar-refractivity contribution is 5.82. The van der Waals surface area contributed by atoms with E-state index in [-0.39, 0.29) is 30.1 Å². The molecule has 1 saturated heterocycles. The molecule has 1 aromatic rings. The number of hydrogen-bond acceptors (Lipinski definition) is 4. The maximum atomic E-state index is 12.7. The summed E-state index contributed by atoms with van der Waals surface area (Å²) in [5.41, 5.74) is 1.06. The van der Waals surface area contributed by atoms with E-state index >= 15 is 0 Å². The lowest BCUT2D eigenvalue weighted by atomic mass is 9.99. The first-order chi connectivity index (χ1) is 10.5. The zero-order valence-electron chi connectivity index (χ0n) is 14.0. The number of carbonyl (C=O) groups is 1. The molecule has 1 fully saturated rings. The van der Waals surface area contributed by atoms with Gasteiger partial charge in [-0.1, -0.05) is 13.8 Å². The Balaban J connectivity index is 1.99. The Morgan fingerprint density at radius 1 is 1.32 bits per heavy atom. The summed E-state index contributed by atoms with van der Waals surface area (Å²) in [6.07, 6.45) is 3.82. The van der Waals surface area contributed by atoms with Crippen molar-refractivity contribution in [3.05, 3.63) is 30.1 Å². The van der Waals surface area contributed by atoms with Crippen LogP contribution in [0.2, 0.25) is 0 Å². The van der Waals surface area contributed by atoms with Gasteiger partial charge in [-0.25, -0.2) is 0 Å². The number of nitrogens with zero attached hydrogens (tertiary/aromatic N) is 2. The molecule has 122 valence electrons. The van der Waals surface area contributed by atoms with Crippen LogP contribution in [0.15, 0.2) is 24.5 Å². The van der Waals surface area contributed by atoms with E-state index in [4.69, 9.17) is 4.74 Å². The summed E-state index contributed by atoms with van der Waals surface area (Å²) in [5.74, 6) is 0.350. The summed E-state index contributed by atoms with van der Waals surface area (Å²) in [4.78, 5) is 18.9. The highest BCUT2D eigenvalue weighted by atomic mass is 16.5. The topological polar surface area (TPSA) is 54.5 Å². The Morgan fingerprint density at radius 2 is 1.91 bits per heavy atom. The van der Waals surface area contributed by atoms with Gasteiger partial charge >= 0.3 is 0 Å². The molecule has 0 saturated carbocycles. The third-order valence-electron chi connectivity index (χ3n) is 3.96. The van der Waals surface area contributed by atoms with Crippen molar-refractivity contribution in [2.75, 3.05) is 13.1 Å². The van der Waals surface area contributed by atoms with Crippen LogP contribution < -0.4 is 5.32 Å². The molecule has 1 amide bonds. The van der Waals surface area contributed by atoms with Gasteiger partial charge in [0.05, 0.1) is 18.2 Å². The van der Waals surface area contributed by atoms with E-state index in [0.717, 1.165) is 18.7 Å². The molecule has 0 spiro atoms. The number of morpholine rings is 1. The Hall–Kier alpha value is -1.46. The van der Waals surface area contributed by atoms with Gasteiger partial charge in [-0.15, -0.1) is 0 Å².